The number of benzene rings is 1. The Hall–Kier alpha value is -2.68. The molecule has 0 bridgehead atoms. The summed E-state index contributed by atoms with van der Waals surface area (Å²) in [7, 11) is 1.46. The van der Waals surface area contributed by atoms with Gasteiger partial charge in [-0.05, 0) is 23.8 Å². The molecule has 5 nitrogen and oxygen atoms in total. The fourth-order valence-corrected chi connectivity index (χ4v) is 2.32. The lowest BCUT2D eigenvalue weighted by Gasteiger charge is -2.22. The summed E-state index contributed by atoms with van der Waals surface area (Å²) in [6, 6.07) is 7.19. The van der Waals surface area contributed by atoms with E-state index in [9.17, 15) is 22.7 Å². The molecule has 2 heterocycles. The van der Waals surface area contributed by atoms with Crippen molar-refractivity contribution in [2.45, 2.75) is 18.4 Å². The van der Waals surface area contributed by atoms with Gasteiger partial charge in [0.15, 0.2) is 0 Å². The molecule has 9 heteroatoms. The highest BCUT2D eigenvalue weighted by Crippen LogP contribution is 2.39. The molecule has 1 unspecified atom stereocenters. The molecule has 0 fully saturated rings. The number of halogens is 4. The van der Waals surface area contributed by atoms with Crippen molar-refractivity contribution < 1.29 is 32.2 Å². The zero-order valence-corrected chi connectivity index (χ0v) is 12.8. The highest BCUT2D eigenvalue weighted by molar-refractivity contribution is 6.02. The summed E-state index contributed by atoms with van der Waals surface area (Å²) >= 11 is 0. The predicted octanol–water partition coefficient (Wildman–Crippen LogP) is 3.27. The van der Waals surface area contributed by atoms with Crippen LogP contribution < -0.4 is 4.74 Å². The molecule has 0 saturated carbocycles. The number of aliphatic hydroxyl groups is 1. The molecule has 0 amide bonds. The van der Waals surface area contributed by atoms with Gasteiger partial charge in [-0.2, -0.15) is 13.2 Å². The fourth-order valence-electron chi connectivity index (χ4n) is 2.32. The molecule has 1 aliphatic heterocycles. The van der Waals surface area contributed by atoms with Crippen LogP contribution in [-0.4, -0.2) is 34.9 Å². The molecule has 0 radical (unpaired) electrons. The van der Waals surface area contributed by atoms with Crippen molar-refractivity contribution in [3.8, 4) is 17.0 Å². The van der Waals surface area contributed by atoms with Gasteiger partial charge in [-0.15, -0.1) is 0 Å². The van der Waals surface area contributed by atoms with Crippen LogP contribution in [0.1, 0.15) is 12.0 Å². The van der Waals surface area contributed by atoms with Crippen molar-refractivity contribution in [1.82, 2.24) is 4.98 Å². The van der Waals surface area contributed by atoms with E-state index in [0.29, 0.717) is 17.0 Å². The average Bonchev–Trinajstić information content (AvgIpc) is 2.98. The van der Waals surface area contributed by atoms with Gasteiger partial charge in [0, 0.05) is 23.4 Å². The Morgan fingerprint density at radius 1 is 1.20 bits per heavy atom. The number of rotatable bonds is 3. The van der Waals surface area contributed by atoms with E-state index in [-0.39, 0.29) is 11.3 Å². The number of oxime groups is 1. The van der Waals surface area contributed by atoms with E-state index >= 15 is 0 Å². The van der Waals surface area contributed by atoms with Gasteiger partial charge >= 0.3 is 12.0 Å². The summed E-state index contributed by atoms with van der Waals surface area (Å²) in [6.07, 6.45) is -4.55. The van der Waals surface area contributed by atoms with Crippen molar-refractivity contribution in [1.29, 1.82) is 0 Å². The molecule has 1 aromatic carbocycles. The third-order valence-electron chi connectivity index (χ3n) is 3.72. The summed E-state index contributed by atoms with van der Waals surface area (Å²) in [6.45, 7) is 0. The Morgan fingerprint density at radius 3 is 2.44 bits per heavy atom. The first-order chi connectivity index (χ1) is 11.7. The summed E-state index contributed by atoms with van der Waals surface area (Å²) < 4.78 is 57.4. The lowest BCUT2D eigenvalue weighted by atomic mass is 9.99. The minimum atomic E-state index is -5.04. The summed E-state index contributed by atoms with van der Waals surface area (Å²) in [5, 5.41) is 12.6. The topological polar surface area (TPSA) is 63.9 Å². The lowest BCUT2D eigenvalue weighted by Crippen LogP contribution is -2.45. The van der Waals surface area contributed by atoms with Gasteiger partial charge in [0.1, 0.15) is 5.82 Å². The lowest BCUT2D eigenvalue weighted by molar-refractivity contribution is -0.355. The maximum Gasteiger partial charge on any atom is 0.458 e. The van der Waals surface area contributed by atoms with Crippen LogP contribution in [0.2, 0.25) is 0 Å². The van der Waals surface area contributed by atoms with Crippen LogP contribution in [0.4, 0.5) is 17.6 Å². The zero-order chi connectivity index (χ0) is 18.2. The van der Waals surface area contributed by atoms with Gasteiger partial charge < -0.3 is 14.7 Å². The van der Waals surface area contributed by atoms with Crippen molar-refractivity contribution in [2.75, 3.05) is 7.11 Å². The van der Waals surface area contributed by atoms with E-state index in [1.165, 1.54) is 25.4 Å². The van der Waals surface area contributed by atoms with E-state index in [1.54, 1.807) is 12.1 Å². The number of methoxy groups -OCH3 is 1. The molecule has 1 aromatic heterocycles. The highest BCUT2D eigenvalue weighted by atomic mass is 19.4. The third-order valence-corrected chi connectivity index (χ3v) is 3.72. The van der Waals surface area contributed by atoms with Crippen LogP contribution in [0.15, 0.2) is 41.7 Å². The van der Waals surface area contributed by atoms with E-state index in [0.717, 1.165) is 6.07 Å². The molecule has 1 aliphatic rings. The van der Waals surface area contributed by atoms with Crippen molar-refractivity contribution in [3.05, 3.63) is 47.9 Å². The number of hydrogen-bond donors (Lipinski definition) is 1. The Labute approximate surface area is 139 Å². The molecule has 0 saturated heterocycles. The minimum absolute atomic E-state index is 0.176. The highest BCUT2D eigenvalue weighted by Gasteiger charge is 2.60. The average molecular weight is 356 g/mol. The maximum atomic E-state index is 14.3. The molecule has 2 aromatic rings. The molecular formula is C16H12F4N2O3. The fraction of sp³-hybridized carbons (Fsp3) is 0.250. The number of alkyl halides is 3. The second kappa shape index (κ2) is 5.99. The first kappa shape index (κ1) is 17.2. The Balaban J connectivity index is 1.86. The number of aromatic nitrogens is 1. The van der Waals surface area contributed by atoms with Gasteiger partial charge in [-0.25, -0.2) is 9.37 Å². The van der Waals surface area contributed by atoms with Gasteiger partial charge in [0.25, 0.3) is 0 Å². The number of ether oxygens (including phenoxy) is 1. The molecule has 0 aliphatic carbocycles. The van der Waals surface area contributed by atoms with Gasteiger partial charge in [-0.3, -0.25) is 0 Å². The van der Waals surface area contributed by atoms with Gasteiger partial charge in [-0.1, -0.05) is 11.2 Å². The van der Waals surface area contributed by atoms with E-state index in [1.807, 2.05) is 0 Å². The molecule has 1 N–H and O–H groups in total. The number of pyridine rings is 1. The molecule has 25 heavy (non-hydrogen) atoms. The van der Waals surface area contributed by atoms with Crippen LogP contribution in [0, 0.1) is 5.82 Å². The molecule has 1 atom stereocenters. The predicted molar refractivity (Wildman–Crippen MR) is 79.4 cm³/mol. The Kier molecular flexibility index (Phi) is 4.11. The van der Waals surface area contributed by atoms with Crippen LogP contribution >= 0.6 is 0 Å². The standard InChI is InChI=1S/C16H12F4N2O3/c1-24-14-5-3-10(8-21-14)9-2-4-11(12(17)6-9)13-7-15(23,25-22-13)16(18,19)20/h2-6,8,23H,7H2,1H3. The molecule has 0 spiro atoms. The monoisotopic (exact) mass is 356 g/mol. The van der Waals surface area contributed by atoms with Crippen molar-refractivity contribution >= 4 is 5.71 Å². The quantitative estimate of drug-likeness (QED) is 0.858. The molecule has 3 rings (SSSR count). The largest absolute Gasteiger partial charge is 0.481 e. The summed E-state index contributed by atoms with van der Waals surface area (Å²) in [5.74, 6) is -3.83. The number of nitrogens with zero attached hydrogens (tertiary/aromatic N) is 2. The van der Waals surface area contributed by atoms with Crippen molar-refractivity contribution in [2.24, 2.45) is 5.16 Å². The van der Waals surface area contributed by atoms with Gasteiger partial charge in [0.05, 0.1) is 19.2 Å². The second-order valence-electron chi connectivity index (χ2n) is 5.37. The Morgan fingerprint density at radius 2 is 1.92 bits per heavy atom. The normalized spacial score (nSPS) is 20.2. The smallest absolute Gasteiger partial charge is 0.458 e. The van der Waals surface area contributed by atoms with E-state index < -0.39 is 24.2 Å². The first-order valence-corrected chi connectivity index (χ1v) is 7.08. The summed E-state index contributed by atoms with van der Waals surface area (Å²) in [4.78, 5) is 8.10. The zero-order valence-electron chi connectivity index (χ0n) is 12.8. The number of hydrogen-bond acceptors (Lipinski definition) is 5. The van der Waals surface area contributed by atoms with Crippen LogP contribution in [0.3, 0.4) is 0 Å². The van der Waals surface area contributed by atoms with Crippen LogP contribution in [0.25, 0.3) is 11.1 Å². The summed E-state index contributed by atoms with van der Waals surface area (Å²) in [5.41, 5.74) is 0.576. The Bertz CT molecular complexity index is 821. The molecular weight excluding hydrogens is 344 g/mol. The minimum Gasteiger partial charge on any atom is -0.481 e. The van der Waals surface area contributed by atoms with Gasteiger partial charge in [0.2, 0.25) is 5.88 Å². The second-order valence-corrected chi connectivity index (χ2v) is 5.37. The maximum absolute atomic E-state index is 14.3. The molecule has 132 valence electrons. The third kappa shape index (κ3) is 3.14. The van der Waals surface area contributed by atoms with E-state index in [2.05, 4.69) is 15.0 Å². The van der Waals surface area contributed by atoms with Crippen molar-refractivity contribution in [3.63, 3.8) is 0 Å². The SMILES string of the molecule is COc1ccc(-c2ccc(C3=NOC(O)(C(F)(F)F)C3)c(F)c2)cn1. The van der Waals surface area contributed by atoms with Crippen LogP contribution in [0.5, 0.6) is 5.88 Å². The van der Waals surface area contributed by atoms with E-state index in [4.69, 9.17) is 4.74 Å². The van der Waals surface area contributed by atoms with Crippen LogP contribution in [-0.2, 0) is 4.84 Å². The first-order valence-electron chi connectivity index (χ1n) is 7.08.